The Labute approximate surface area is 106 Å². The van der Waals surface area contributed by atoms with Crippen LogP contribution in [0.15, 0.2) is 12.3 Å². The largest absolute Gasteiger partial charge is 0.290 e. The molecule has 0 spiro atoms. The van der Waals surface area contributed by atoms with Crippen LogP contribution in [0.3, 0.4) is 0 Å². The number of nitro groups is 1. The van der Waals surface area contributed by atoms with E-state index in [9.17, 15) is 10.1 Å². The van der Waals surface area contributed by atoms with Gasteiger partial charge in [-0.25, -0.2) is 0 Å². The first kappa shape index (κ1) is 13.9. The maximum absolute atomic E-state index is 10.7. The molecule has 17 heavy (non-hydrogen) atoms. The number of rotatable bonds is 4. The molecule has 0 amide bonds. The van der Waals surface area contributed by atoms with Crippen LogP contribution in [-0.2, 0) is 0 Å². The first-order valence-corrected chi connectivity index (χ1v) is 6.03. The molecule has 0 aliphatic rings. The number of pyridine rings is 1. The van der Waals surface area contributed by atoms with Crippen LogP contribution in [-0.4, -0.2) is 15.3 Å². The predicted octanol–water partition coefficient (Wildman–Crippen LogP) is 3.67. The van der Waals surface area contributed by atoms with E-state index in [0.29, 0.717) is 11.5 Å². The smallest absolute Gasteiger partial charge is 0.258 e. The lowest BCUT2D eigenvalue weighted by Crippen LogP contribution is -2.17. The van der Waals surface area contributed by atoms with Gasteiger partial charge in [-0.2, -0.15) is 0 Å². The lowest BCUT2D eigenvalue weighted by molar-refractivity contribution is -0.385. The highest BCUT2D eigenvalue weighted by Gasteiger charge is 2.24. The molecule has 0 radical (unpaired) electrons. The van der Waals surface area contributed by atoms with Crippen molar-refractivity contribution < 1.29 is 4.92 Å². The van der Waals surface area contributed by atoms with E-state index in [-0.39, 0.29) is 17.0 Å². The molecule has 2 unspecified atom stereocenters. The summed E-state index contributed by atoms with van der Waals surface area (Å²) in [5.74, 6) is 0.451. The summed E-state index contributed by atoms with van der Waals surface area (Å²) in [6.07, 6.45) is 1.32. The van der Waals surface area contributed by atoms with E-state index >= 15 is 0 Å². The normalized spacial score (nSPS) is 14.7. The summed E-state index contributed by atoms with van der Waals surface area (Å²) < 4.78 is 0. The molecule has 0 aliphatic carbocycles. The number of aromatic nitrogens is 1. The van der Waals surface area contributed by atoms with Crippen molar-refractivity contribution in [2.75, 3.05) is 0 Å². The first-order valence-electron chi connectivity index (χ1n) is 5.59. The fourth-order valence-electron chi connectivity index (χ4n) is 2.05. The van der Waals surface area contributed by atoms with Crippen LogP contribution in [0.1, 0.15) is 37.9 Å². The highest BCUT2D eigenvalue weighted by Crippen LogP contribution is 2.31. The highest BCUT2D eigenvalue weighted by atomic mass is 35.5. The van der Waals surface area contributed by atoms with Gasteiger partial charge in [0.1, 0.15) is 6.20 Å². The molecule has 4 nitrogen and oxygen atoms in total. The lowest BCUT2D eigenvalue weighted by atomic mass is 9.89. The van der Waals surface area contributed by atoms with Crippen molar-refractivity contribution >= 4 is 17.3 Å². The highest BCUT2D eigenvalue weighted by molar-refractivity contribution is 6.20. The van der Waals surface area contributed by atoms with Crippen molar-refractivity contribution in [3.05, 3.63) is 33.6 Å². The minimum absolute atomic E-state index is 0.0524. The molecule has 2 atom stereocenters. The maximum Gasteiger partial charge on any atom is 0.290 e. The number of hydrogen-bond donors (Lipinski definition) is 0. The molecule has 1 aromatic heterocycles. The molecule has 1 rings (SSSR count). The molecule has 1 aromatic rings. The molecule has 0 aromatic carbocycles. The summed E-state index contributed by atoms with van der Waals surface area (Å²) >= 11 is 6.15. The molecule has 1 heterocycles. The molecular weight excluding hydrogens is 240 g/mol. The molecule has 0 aliphatic heterocycles. The third kappa shape index (κ3) is 3.16. The average Bonchev–Trinajstić information content (AvgIpc) is 2.15. The Kier molecular flexibility index (Phi) is 4.46. The summed E-state index contributed by atoms with van der Waals surface area (Å²) in [4.78, 5) is 14.5. The monoisotopic (exact) mass is 256 g/mol. The van der Waals surface area contributed by atoms with E-state index in [2.05, 4.69) is 18.8 Å². The van der Waals surface area contributed by atoms with Crippen LogP contribution in [0.25, 0.3) is 0 Å². The van der Waals surface area contributed by atoms with E-state index in [1.165, 1.54) is 6.20 Å². The van der Waals surface area contributed by atoms with Crippen molar-refractivity contribution in [3.63, 3.8) is 0 Å². The van der Waals surface area contributed by atoms with Gasteiger partial charge >= 0.3 is 0 Å². The Morgan fingerprint density at radius 2 is 2.00 bits per heavy atom. The Morgan fingerprint density at radius 3 is 2.35 bits per heavy atom. The van der Waals surface area contributed by atoms with E-state index in [4.69, 9.17) is 11.6 Å². The van der Waals surface area contributed by atoms with Gasteiger partial charge in [0.25, 0.3) is 5.69 Å². The maximum atomic E-state index is 10.7. The minimum Gasteiger partial charge on any atom is -0.258 e. The molecule has 5 heteroatoms. The third-order valence-electron chi connectivity index (χ3n) is 2.86. The zero-order chi connectivity index (χ0) is 13.2. The van der Waals surface area contributed by atoms with Gasteiger partial charge in [0.15, 0.2) is 0 Å². The Bertz CT molecular complexity index is 411. The van der Waals surface area contributed by atoms with Gasteiger partial charge in [-0.1, -0.05) is 13.8 Å². The molecule has 0 N–H and O–H groups in total. The molecule has 0 saturated heterocycles. The van der Waals surface area contributed by atoms with Crippen LogP contribution in [0.2, 0.25) is 0 Å². The summed E-state index contributed by atoms with van der Waals surface area (Å²) in [6.45, 7) is 7.79. The van der Waals surface area contributed by atoms with E-state index < -0.39 is 4.92 Å². The van der Waals surface area contributed by atoms with Gasteiger partial charge in [0.05, 0.1) is 4.92 Å². The zero-order valence-electron chi connectivity index (χ0n) is 10.5. The summed E-state index contributed by atoms with van der Waals surface area (Å²) in [5.41, 5.74) is 1.51. The van der Waals surface area contributed by atoms with Crippen LogP contribution in [0, 0.1) is 23.0 Å². The molecular formula is C12H17ClN2O2. The van der Waals surface area contributed by atoms with Crippen LogP contribution in [0.4, 0.5) is 5.69 Å². The summed E-state index contributed by atoms with van der Waals surface area (Å²) in [7, 11) is 0. The van der Waals surface area contributed by atoms with E-state index in [0.717, 1.165) is 5.69 Å². The zero-order valence-corrected chi connectivity index (χ0v) is 11.2. The van der Waals surface area contributed by atoms with E-state index in [1.54, 1.807) is 13.0 Å². The van der Waals surface area contributed by atoms with Gasteiger partial charge < -0.3 is 0 Å². The van der Waals surface area contributed by atoms with Crippen LogP contribution in [0.5, 0.6) is 0 Å². The fourth-order valence-corrected chi connectivity index (χ4v) is 2.47. The fraction of sp³-hybridized carbons (Fsp3) is 0.583. The number of nitrogens with zero attached hydrogens (tertiary/aromatic N) is 2. The second-order valence-electron chi connectivity index (χ2n) is 4.60. The van der Waals surface area contributed by atoms with Gasteiger partial charge in [-0.05, 0) is 25.8 Å². The lowest BCUT2D eigenvalue weighted by Gasteiger charge is -2.22. The number of hydrogen-bond acceptors (Lipinski definition) is 3. The molecule has 0 fully saturated rings. The topological polar surface area (TPSA) is 56.0 Å². The number of aryl methyl sites for hydroxylation is 1. The SMILES string of the molecule is Cc1cc(C(C(C)C)C(C)Cl)ncc1[N+](=O)[O-]. The van der Waals surface area contributed by atoms with E-state index in [1.807, 2.05) is 6.92 Å². The predicted molar refractivity (Wildman–Crippen MR) is 68.5 cm³/mol. The molecule has 0 bridgehead atoms. The van der Waals surface area contributed by atoms with Crippen molar-refractivity contribution in [1.82, 2.24) is 4.98 Å². The van der Waals surface area contributed by atoms with Crippen LogP contribution < -0.4 is 0 Å². The van der Waals surface area contributed by atoms with Gasteiger partial charge in [-0.3, -0.25) is 15.1 Å². The molecule has 94 valence electrons. The van der Waals surface area contributed by atoms with Crippen molar-refractivity contribution in [1.29, 1.82) is 0 Å². The van der Waals surface area contributed by atoms with Gasteiger partial charge in [0, 0.05) is 22.6 Å². The summed E-state index contributed by atoms with van der Waals surface area (Å²) in [6, 6.07) is 1.77. The van der Waals surface area contributed by atoms with Crippen LogP contribution >= 0.6 is 11.6 Å². The Balaban J connectivity index is 3.15. The number of alkyl halides is 1. The first-order chi connectivity index (χ1) is 7.84. The minimum atomic E-state index is -0.416. The quantitative estimate of drug-likeness (QED) is 0.469. The van der Waals surface area contributed by atoms with Crippen molar-refractivity contribution in [2.45, 2.75) is 39.0 Å². The second-order valence-corrected chi connectivity index (χ2v) is 5.29. The average molecular weight is 257 g/mol. The van der Waals surface area contributed by atoms with Gasteiger partial charge in [-0.15, -0.1) is 11.6 Å². The Hall–Kier alpha value is -1.16. The van der Waals surface area contributed by atoms with Gasteiger partial charge in [0.2, 0.25) is 0 Å². The third-order valence-corrected chi connectivity index (χ3v) is 3.13. The standard InChI is InChI=1S/C12H17ClN2O2/c1-7(2)12(9(4)13)10-5-8(3)11(6-14-10)15(16)17/h5-7,9,12H,1-4H3. The number of halogens is 1. The Morgan fingerprint density at radius 1 is 1.41 bits per heavy atom. The van der Waals surface area contributed by atoms with Crippen molar-refractivity contribution in [2.24, 2.45) is 5.92 Å². The molecule has 0 saturated carbocycles. The van der Waals surface area contributed by atoms with Crippen molar-refractivity contribution in [3.8, 4) is 0 Å². The second kappa shape index (κ2) is 5.45. The summed E-state index contributed by atoms with van der Waals surface area (Å²) in [5, 5.41) is 10.7.